The van der Waals surface area contributed by atoms with E-state index in [-0.39, 0.29) is 0 Å². The van der Waals surface area contributed by atoms with E-state index >= 15 is 0 Å². The maximum atomic E-state index is 9.19. The number of benzene rings is 6. The zero-order valence-corrected chi connectivity index (χ0v) is 30.1. The number of pyridine rings is 1. The van der Waals surface area contributed by atoms with Gasteiger partial charge >= 0.3 is 0 Å². The highest BCUT2D eigenvalue weighted by Crippen LogP contribution is 2.45. The molecule has 9 aromatic rings. The van der Waals surface area contributed by atoms with E-state index in [2.05, 4.69) is 144 Å². The lowest BCUT2D eigenvalue weighted by molar-refractivity contribution is 0.941. The van der Waals surface area contributed by atoms with Crippen LogP contribution in [-0.2, 0) is 12.8 Å². The van der Waals surface area contributed by atoms with Gasteiger partial charge in [-0.15, -0.1) is 0 Å². The van der Waals surface area contributed by atoms with Gasteiger partial charge in [0, 0.05) is 27.7 Å². The standard InChI is InChI=1S/C49H38N4/c1-4-9-47(50)52-44-21-16-35(33-13-8-11-31(3)25-33)27-42(44)43-28-36-15-18-38-37(40(36)29-46(43)52)19-20-39-41-26-34(32-12-7-10-30(2)24-32)17-22-45(41)53(49(38)39)48-14-5-6-23-51-48/h4-14,16-17,19-29,50H,15,18H2,1-3H3/b9-4-,50-47?. The van der Waals surface area contributed by atoms with Crippen molar-refractivity contribution < 1.29 is 0 Å². The van der Waals surface area contributed by atoms with Crippen molar-refractivity contribution in [3.8, 4) is 39.2 Å². The fraction of sp³-hybridized carbons (Fsp3) is 0.102. The van der Waals surface area contributed by atoms with Crippen molar-refractivity contribution in [2.45, 2.75) is 33.6 Å². The zero-order chi connectivity index (χ0) is 35.8. The Morgan fingerprint density at radius 3 is 1.96 bits per heavy atom. The minimum absolute atomic E-state index is 0.460. The van der Waals surface area contributed by atoms with Crippen LogP contribution >= 0.6 is 0 Å². The van der Waals surface area contributed by atoms with Crippen LogP contribution in [-0.4, -0.2) is 20.0 Å². The van der Waals surface area contributed by atoms with Crippen molar-refractivity contribution in [3.05, 3.63) is 168 Å². The first kappa shape index (κ1) is 31.2. The van der Waals surface area contributed by atoms with Gasteiger partial charge in [-0.25, -0.2) is 4.98 Å². The fourth-order valence-electron chi connectivity index (χ4n) is 8.73. The summed E-state index contributed by atoms with van der Waals surface area (Å²) in [6, 6.07) is 46.6. The van der Waals surface area contributed by atoms with E-state index in [1.165, 1.54) is 82.7 Å². The van der Waals surface area contributed by atoms with Crippen LogP contribution in [0.15, 0.2) is 146 Å². The monoisotopic (exact) mass is 682 g/mol. The van der Waals surface area contributed by atoms with Crippen LogP contribution in [0.3, 0.4) is 0 Å². The molecule has 0 atom stereocenters. The first-order chi connectivity index (χ1) is 26.0. The Labute approximate surface area is 308 Å². The Balaban J connectivity index is 1.23. The average Bonchev–Trinajstić information content (AvgIpc) is 3.69. The van der Waals surface area contributed by atoms with Gasteiger partial charge in [-0.2, -0.15) is 0 Å². The van der Waals surface area contributed by atoms with Gasteiger partial charge < -0.3 is 0 Å². The summed E-state index contributed by atoms with van der Waals surface area (Å²) in [6.45, 7) is 6.27. The highest BCUT2D eigenvalue weighted by atomic mass is 15.1. The molecule has 4 heteroatoms. The molecule has 1 N–H and O–H groups in total. The molecule has 3 aromatic heterocycles. The lowest BCUT2D eigenvalue weighted by atomic mass is 9.83. The van der Waals surface area contributed by atoms with E-state index in [0.717, 1.165) is 35.2 Å². The van der Waals surface area contributed by atoms with Crippen LogP contribution in [0.25, 0.3) is 82.8 Å². The molecule has 1 aliphatic rings. The number of hydrogen-bond acceptors (Lipinski definition) is 2. The van der Waals surface area contributed by atoms with Crippen molar-refractivity contribution in [2.75, 3.05) is 0 Å². The van der Waals surface area contributed by atoms with E-state index in [9.17, 15) is 5.41 Å². The van der Waals surface area contributed by atoms with Crippen LogP contribution in [0.4, 0.5) is 0 Å². The summed E-state index contributed by atoms with van der Waals surface area (Å²) in [4.78, 5) is 4.88. The molecule has 3 heterocycles. The van der Waals surface area contributed by atoms with E-state index in [4.69, 9.17) is 4.98 Å². The summed E-state index contributed by atoms with van der Waals surface area (Å²) in [6.07, 6.45) is 7.60. The highest BCUT2D eigenvalue weighted by Gasteiger charge is 2.26. The van der Waals surface area contributed by atoms with Crippen LogP contribution in [0.1, 0.15) is 29.2 Å². The molecule has 1 aliphatic carbocycles. The Bertz CT molecular complexity index is 2990. The van der Waals surface area contributed by atoms with Crippen molar-refractivity contribution in [2.24, 2.45) is 0 Å². The molecule has 0 saturated heterocycles. The number of allylic oxidation sites excluding steroid dienone is 2. The minimum Gasteiger partial charge on any atom is -0.294 e. The van der Waals surface area contributed by atoms with Crippen molar-refractivity contribution >= 4 is 49.4 Å². The van der Waals surface area contributed by atoms with E-state index in [0.29, 0.717) is 5.84 Å². The Morgan fingerprint density at radius 2 is 1.28 bits per heavy atom. The third-order valence-corrected chi connectivity index (χ3v) is 11.1. The average molecular weight is 683 g/mol. The number of nitrogens with zero attached hydrogens (tertiary/aromatic N) is 3. The molecule has 254 valence electrons. The number of nitrogens with one attached hydrogen (secondary N) is 1. The fourth-order valence-corrected chi connectivity index (χ4v) is 8.73. The molecule has 0 amide bonds. The maximum Gasteiger partial charge on any atom is 0.137 e. The largest absolute Gasteiger partial charge is 0.294 e. The summed E-state index contributed by atoms with van der Waals surface area (Å²) in [5.74, 6) is 1.39. The summed E-state index contributed by atoms with van der Waals surface area (Å²) in [5, 5.41) is 14.0. The molecule has 53 heavy (non-hydrogen) atoms. The number of hydrogen-bond donors (Lipinski definition) is 1. The smallest absolute Gasteiger partial charge is 0.137 e. The second-order valence-corrected chi connectivity index (χ2v) is 14.5. The number of aryl methyl sites for hydroxylation is 4. The first-order valence-electron chi connectivity index (χ1n) is 18.5. The molecular weight excluding hydrogens is 645 g/mol. The molecule has 0 aliphatic heterocycles. The van der Waals surface area contributed by atoms with Crippen molar-refractivity contribution in [1.29, 1.82) is 5.41 Å². The van der Waals surface area contributed by atoms with Gasteiger partial charge in [0.25, 0.3) is 0 Å². The highest BCUT2D eigenvalue weighted by molar-refractivity contribution is 6.18. The quantitative estimate of drug-likeness (QED) is 0.146. The van der Waals surface area contributed by atoms with Gasteiger partial charge in [-0.3, -0.25) is 14.5 Å². The second-order valence-electron chi connectivity index (χ2n) is 14.5. The van der Waals surface area contributed by atoms with Crippen LogP contribution in [0, 0.1) is 19.3 Å². The maximum absolute atomic E-state index is 9.19. The van der Waals surface area contributed by atoms with Crippen LogP contribution in [0.2, 0.25) is 0 Å². The number of rotatable bonds is 4. The topological polar surface area (TPSA) is 46.6 Å². The minimum atomic E-state index is 0.460. The SMILES string of the molecule is C/C=C\C(=N)n1c2ccc(-c3cccc(C)c3)cc2c2cc3c(cc21)-c1ccc2c4cc(-c5cccc(C)c5)ccc4n(-c4ccccn4)c2c1CC3. The van der Waals surface area contributed by atoms with Gasteiger partial charge in [0.05, 0.1) is 22.1 Å². The summed E-state index contributed by atoms with van der Waals surface area (Å²) in [5.41, 5.74) is 17.1. The molecule has 0 bridgehead atoms. The van der Waals surface area contributed by atoms with Crippen molar-refractivity contribution in [1.82, 2.24) is 14.1 Å². The second kappa shape index (κ2) is 12.0. The van der Waals surface area contributed by atoms with Gasteiger partial charge in [-0.05, 0) is 133 Å². The number of aromatic nitrogens is 3. The van der Waals surface area contributed by atoms with Gasteiger partial charge in [0.1, 0.15) is 11.7 Å². The normalized spacial score (nSPS) is 12.7. The molecule has 10 rings (SSSR count). The van der Waals surface area contributed by atoms with E-state index in [1.807, 2.05) is 31.3 Å². The zero-order valence-electron chi connectivity index (χ0n) is 30.1. The van der Waals surface area contributed by atoms with Crippen LogP contribution in [0.5, 0.6) is 0 Å². The van der Waals surface area contributed by atoms with Gasteiger partial charge in [0.2, 0.25) is 0 Å². The molecular formula is C49H38N4. The molecule has 0 fully saturated rings. The van der Waals surface area contributed by atoms with Gasteiger partial charge in [0.15, 0.2) is 0 Å². The van der Waals surface area contributed by atoms with Crippen LogP contribution < -0.4 is 0 Å². The summed E-state index contributed by atoms with van der Waals surface area (Å²) >= 11 is 0. The lowest BCUT2D eigenvalue weighted by Crippen LogP contribution is -2.09. The Morgan fingerprint density at radius 1 is 0.604 bits per heavy atom. The third kappa shape index (κ3) is 4.90. The summed E-state index contributed by atoms with van der Waals surface area (Å²) in [7, 11) is 0. The first-order valence-corrected chi connectivity index (χ1v) is 18.5. The summed E-state index contributed by atoms with van der Waals surface area (Å²) < 4.78 is 4.49. The van der Waals surface area contributed by atoms with Gasteiger partial charge in [-0.1, -0.05) is 96.1 Å². The lowest BCUT2D eigenvalue weighted by Gasteiger charge is -2.22. The molecule has 0 radical (unpaired) electrons. The Kier molecular flexibility index (Phi) is 7.09. The Hall–Kier alpha value is -6.52. The van der Waals surface area contributed by atoms with Crippen molar-refractivity contribution in [3.63, 3.8) is 0 Å². The number of fused-ring (bicyclic) bond motifs is 10. The molecule has 0 spiro atoms. The molecule has 0 saturated carbocycles. The molecule has 6 aromatic carbocycles. The molecule has 4 nitrogen and oxygen atoms in total. The van der Waals surface area contributed by atoms with E-state index in [1.54, 1.807) is 0 Å². The molecule has 0 unspecified atom stereocenters. The van der Waals surface area contributed by atoms with E-state index < -0.39 is 0 Å². The predicted octanol–water partition coefficient (Wildman–Crippen LogP) is 12.4. The predicted molar refractivity (Wildman–Crippen MR) is 223 cm³/mol. The third-order valence-electron chi connectivity index (χ3n) is 11.1.